The zero-order chi connectivity index (χ0) is 48.9. The van der Waals surface area contributed by atoms with Gasteiger partial charge in [0.25, 0.3) is 0 Å². The molecule has 1 atom stereocenters. The van der Waals surface area contributed by atoms with E-state index >= 15 is 0 Å². The number of benzene rings is 1. The fourth-order valence-electron chi connectivity index (χ4n) is 6.36. The Balaban J connectivity index is 1.77. The van der Waals surface area contributed by atoms with Crippen molar-refractivity contribution in [3.63, 3.8) is 0 Å². The minimum atomic E-state index is -0.379. The second kappa shape index (κ2) is 32.6. The van der Waals surface area contributed by atoms with Gasteiger partial charge in [-0.15, -0.1) is 11.8 Å². The molecule has 0 spiro atoms. The summed E-state index contributed by atoms with van der Waals surface area (Å²) in [6.07, 6.45) is 6.65. The van der Waals surface area contributed by atoms with E-state index < -0.39 is 0 Å². The molecule has 1 heterocycles. The van der Waals surface area contributed by atoms with Crippen LogP contribution in [0.15, 0.2) is 18.2 Å². The summed E-state index contributed by atoms with van der Waals surface area (Å²) < 4.78 is 45.4. The number of hydrogen-bond acceptors (Lipinski definition) is 14. The first-order valence-electron chi connectivity index (χ1n) is 23.9. The molecule has 1 unspecified atom stereocenters. The molecule has 0 aromatic heterocycles. The highest BCUT2D eigenvalue weighted by atomic mass is 32.2. The number of thioether (sulfide) groups is 1. The molecule has 1 aliphatic heterocycles. The largest absolute Gasteiger partial charge is 0.491 e. The Morgan fingerprint density at radius 2 is 1.03 bits per heavy atom. The van der Waals surface area contributed by atoms with Crippen molar-refractivity contribution in [2.75, 3.05) is 105 Å². The maximum Gasteiger partial charge on any atom is 0.242 e. The summed E-state index contributed by atoms with van der Waals surface area (Å²) in [5.74, 6) is 1.51. The zero-order valence-electron chi connectivity index (χ0n) is 41.9. The number of carbonyl (C=O) groups excluding carboxylic acids is 5. The van der Waals surface area contributed by atoms with Crippen LogP contribution in [0.5, 0.6) is 11.5 Å². The Morgan fingerprint density at radius 1 is 0.591 bits per heavy atom. The molecule has 3 amide bonds. The number of ether oxygens (including phenoxy) is 8. The molecule has 16 heteroatoms. The SMILES string of the molecule is CC(C)(C)CCCCCCSC1CC(=O)N(CCC(=O)NCc2cc(OCCOCCOCCOCCC(=O)C(C)(C)C)cc(OCCOCCOCCOCCC(=O)C(C)(C)C)c2)C1=O. The van der Waals surface area contributed by atoms with Crippen molar-refractivity contribution in [2.24, 2.45) is 16.2 Å². The average Bonchev–Trinajstić information content (AvgIpc) is 3.51. The van der Waals surface area contributed by atoms with E-state index in [0.717, 1.165) is 24.2 Å². The number of imide groups is 1. The molecule has 0 radical (unpaired) electrons. The number of rotatable bonds is 38. The van der Waals surface area contributed by atoms with Gasteiger partial charge >= 0.3 is 0 Å². The monoisotopic (exact) mass is 953 g/mol. The Bertz CT molecular complexity index is 1500. The van der Waals surface area contributed by atoms with Gasteiger partial charge in [-0.05, 0) is 41.7 Å². The summed E-state index contributed by atoms with van der Waals surface area (Å²) in [7, 11) is 0. The first kappa shape index (κ1) is 59.0. The molecule has 1 aromatic carbocycles. The van der Waals surface area contributed by atoms with Gasteiger partial charge in [-0.1, -0.05) is 81.6 Å². The average molecular weight is 953 g/mol. The first-order chi connectivity index (χ1) is 31.3. The maximum absolute atomic E-state index is 13.0. The third-order valence-electron chi connectivity index (χ3n) is 10.4. The van der Waals surface area contributed by atoms with E-state index in [2.05, 4.69) is 26.1 Å². The van der Waals surface area contributed by atoms with Gasteiger partial charge in [0.1, 0.15) is 36.3 Å². The molecule has 1 aromatic rings. The molecule has 0 bridgehead atoms. The summed E-state index contributed by atoms with van der Waals surface area (Å²) in [5, 5.41) is 2.52. The van der Waals surface area contributed by atoms with E-state index in [-0.39, 0.29) is 84.5 Å². The summed E-state index contributed by atoms with van der Waals surface area (Å²) in [4.78, 5) is 63.9. The van der Waals surface area contributed by atoms with Crippen molar-refractivity contribution in [1.82, 2.24) is 10.2 Å². The number of nitrogens with one attached hydrogen (secondary N) is 1. The Kier molecular flexibility index (Phi) is 29.1. The second-order valence-corrected chi connectivity index (χ2v) is 21.0. The van der Waals surface area contributed by atoms with Gasteiger partial charge in [-0.3, -0.25) is 28.9 Å². The van der Waals surface area contributed by atoms with Gasteiger partial charge in [0, 0.05) is 55.7 Å². The van der Waals surface area contributed by atoms with Crippen LogP contribution in [0, 0.1) is 16.2 Å². The van der Waals surface area contributed by atoms with Crippen molar-refractivity contribution < 1.29 is 61.9 Å². The molecule has 15 nitrogen and oxygen atoms in total. The molecular weight excluding hydrogens is 869 g/mol. The summed E-state index contributed by atoms with van der Waals surface area (Å²) >= 11 is 1.55. The quantitative estimate of drug-likeness (QED) is 0.0512. The lowest BCUT2D eigenvalue weighted by molar-refractivity contribution is -0.138. The van der Waals surface area contributed by atoms with E-state index in [1.165, 1.54) is 24.2 Å². The van der Waals surface area contributed by atoms with Crippen LogP contribution in [0.3, 0.4) is 0 Å². The number of unbranched alkanes of at least 4 members (excludes halogenated alkanes) is 3. The minimum absolute atomic E-state index is 0.00125. The molecule has 1 aliphatic rings. The Labute approximate surface area is 400 Å². The van der Waals surface area contributed by atoms with Gasteiger partial charge in [-0.2, -0.15) is 0 Å². The molecule has 0 aliphatic carbocycles. The molecule has 2 rings (SSSR count). The van der Waals surface area contributed by atoms with Crippen LogP contribution in [0.4, 0.5) is 0 Å². The van der Waals surface area contributed by atoms with Crippen molar-refractivity contribution >= 4 is 41.0 Å². The Hall–Kier alpha value is -3.12. The predicted octanol–water partition coefficient (Wildman–Crippen LogP) is 7.42. The smallest absolute Gasteiger partial charge is 0.242 e. The number of ketones is 2. The molecule has 0 saturated carbocycles. The molecule has 66 heavy (non-hydrogen) atoms. The lowest BCUT2D eigenvalue weighted by Crippen LogP contribution is -2.35. The maximum atomic E-state index is 13.0. The van der Waals surface area contributed by atoms with E-state index in [4.69, 9.17) is 37.9 Å². The standard InChI is InChI=1S/C50H84N2O13S/c1-48(2,3)17-12-10-11-13-33-66-42-37-46(56)52(47(42)57)18-14-45(55)51-38-39-34-40(64-31-29-62-27-25-60-23-21-58-19-15-43(53)49(4,5)6)36-41(35-39)65-32-30-63-28-26-61-24-22-59-20-16-44(54)50(7,8)9/h34-36,42H,10-33,37-38H2,1-9H3,(H,51,55). The van der Waals surface area contributed by atoms with Crippen molar-refractivity contribution in [1.29, 1.82) is 0 Å². The van der Waals surface area contributed by atoms with Crippen molar-refractivity contribution in [3.8, 4) is 11.5 Å². The molecule has 1 fully saturated rings. The summed E-state index contributed by atoms with van der Waals surface area (Å²) in [6, 6.07) is 5.38. The number of Topliss-reactive ketones (excluding diaryl/α,β-unsaturated/α-hetero) is 2. The van der Waals surface area contributed by atoms with E-state index in [1.54, 1.807) is 17.8 Å². The molecular formula is C50H84N2O13S. The highest BCUT2D eigenvalue weighted by Crippen LogP contribution is 2.28. The number of amides is 3. The highest BCUT2D eigenvalue weighted by molar-refractivity contribution is 8.00. The van der Waals surface area contributed by atoms with Crippen LogP contribution in [0.25, 0.3) is 0 Å². The van der Waals surface area contributed by atoms with E-state index in [0.29, 0.717) is 109 Å². The van der Waals surface area contributed by atoms with Gasteiger partial charge < -0.3 is 43.2 Å². The van der Waals surface area contributed by atoms with Gasteiger partial charge in [0.05, 0.1) is 84.5 Å². The normalized spacial score (nSPS) is 14.6. The van der Waals surface area contributed by atoms with Gasteiger partial charge in [0.2, 0.25) is 17.7 Å². The fraction of sp³-hybridized carbons (Fsp3) is 0.780. The van der Waals surface area contributed by atoms with E-state index in [1.807, 2.05) is 53.7 Å². The lowest BCUT2D eigenvalue weighted by atomic mass is 9.89. The molecule has 378 valence electrons. The third kappa shape index (κ3) is 28.3. The molecule has 1 N–H and O–H groups in total. The number of nitrogens with zero attached hydrogens (tertiary/aromatic N) is 1. The number of carbonyl (C=O) groups is 5. The van der Waals surface area contributed by atoms with Crippen LogP contribution in [-0.2, 0) is 58.9 Å². The van der Waals surface area contributed by atoms with E-state index in [9.17, 15) is 24.0 Å². The van der Waals surface area contributed by atoms with Gasteiger partial charge in [-0.25, -0.2) is 0 Å². The Morgan fingerprint density at radius 3 is 1.48 bits per heavy atom. The zero-order valence-corrected chi connectivity index (χ0v) is 42.7. The van der Waals surface area contributed by atoms with Crippen LogP contribution >= 0.6 is 11.8 Å². The summed E-state index contributed by atoms with van der Waals surface area (Å²) in [5.41, 5.74) is 0.349. The van der Waals surface area contributed by atoms with Crippen molar-refractivity contribution in [2.45, 2.75) is 132 Å². The van der Waals surface area contributed by atoms with Gasteiger partial charge in [0.15, 0.2) is 0 Å². The van der Waals surface area contributed by atoms with Crippen LogP contribution in [-0.4, -0.2) is 144 Å². The number of likely N-dealkylation sites (tertiary alicyclic amines) is 1. The van der Waals surface area contributed by atoms with Crippen molar-refractivity contribution in [3.05, 3.63) is 23.8 Å². The van der Waals surface area contributed by atoms with Crippen LogP contribution < -0.4 is 14.8 Å². The minimum Gasteiger partial charge on any atom is -0.491 e. The number of hydrogen-bond donors (Lipinski definition) is 1. The topological polar surface area (TPSA) is 174 Å². The fourth-order valence-corrected chi connectivity index (χ4v) is 7.54. The molecule has 1 saturated heterocycles. The van der Waals surface area contributed by atoms with Crippen LogP contribution in [0.2, 0.25) is 0 Å². The lowest BCUT2D eigenvalue weighted by Gasteiger charge is -2.17. The second-order valence-electron chi connectivity index (χ2n) is 19.7. The highest BCUT2D eigenvalue weighted by Gasteiger charge is 2.38. The predicted molar refractivity (Wildman–Crippen MR) is 257 cm³/mol. The third-order valence-corrected chi connectivity index (χ3v) is 11.7. The van der Waals surface area contributed by atoms with Crippen LogP contribution in [0.1, 0.15) is 126 Å². The summed E-state index contributed by atoms with van der Waals surface area (Å²) in [6.45, 7) is 23.4. The first-order valence-corrected chi connectivity index (χ1v) is 25.0.